The summed E-state index contributed by atoms with van der Waals surface area (Å²) in [7, 11) is 1.58. The van der Waals surface area contributed by atoms with Gasteiger partial charge in [-0.05, 0) is 56.1 Å². The Bertz CT molecular complexity index is 543. The molecule has 0 N–H and O–H groups in total. The molecule has 3 saturated carbocycles. The van der Waals surface area contributed by atoms with Gasteiger partial charge in [-0.25, -0.2) is 0 Å². The number of ether oxygens (including phenoxy) is 2. The Hall–Kier alpha value is -1.22. The van der Waals surface area contributed by atoms with Gasteiger partial charge in [0.05, 0.1) is 17.5 Å². The van der Waals surface area contributed by atoms with E-state index >= 15 is 0 Å². The molecule has 0 aliphatic heterocycles. The van der Waals surface area contributed by atoms with Crippen LogP contribution in [0.15, 0.2) is 18.2 Å². The van der Waals surface area contributed by atoms with Gasteiger partial charge in [0, 0.05) is 6.07 Å². The number of halogens is 1. The highest BCUT2D eigenvalue weighted by Crippen LogP contribution is 2.57. The molecular formula is C17H21ClO3. The van der Waals surface area contributed by atoms with Crippen molar-refractivity contribution in [3.8, 4) is 11.5 Å². The summed E-state index contributed by atoms with van der Waals surface area (Å²) in [6.07, 6.45) is 6.19. The second kappa shape index (κ2) is 5.20. The summed E-state index contributed by atoms with van der Waals surface area (Å²) in [5.74, 6) is 0.969. The molecule has 1 aromatic rings. The van der Waals surface area contributed by atoms with Crippen LogP contribution in [0.5, 0.6) is 11.5 Å². The number of hydrogen-bond acceptors (Lipinski definition) is 3. The summed E-state index contributed by atoms with van der Waals surface area (Å²) in [5, 5.41) is 0.413. The van der Waals surface area contributed by atoms with Crippen LogP contribution in [0.1, 0.15) is 45.4 Å². The number of fused-ring (bicyclic) bond motifs is 3. The molecular weight excluding hydrogens is 288 g/mol. The number of benzene rings is 1. The van der Waals surface area contributed by atoms with Crippen molar-refractivity contribution in [3.63, 3.8) is 0 Å². The first-order valence-corrected chi connectivity index (χ1v) is 7.90. The highest BCUT2D eigenvalue weighted by atomic mass is 35.5. The fourth-order valence-electron chi connectivity index (χ4n) is 3.58. The molecule has 3 fully saturated rings. The first-order chi connectivity index (χ1) is 9.96. The summed E-state index contributed by atoms with van der Waals surface area (Å²) in [5.41, 5.74) is 0.154. The van der Waals surface area contributed by atoms with E-state index in [1.807, 2.05) is 0 Å². The van der Waals surface area contributed by atoms with E-state index in [-0.39, 0.29) is 11.4 Å². The number of esters is 1. The minimum Gasteiger partial charge on any atom is -0.497 e. The molecule has 0 spiro atoms. The molecule has 1 aromatic carbocycles. The van der Waals surface area contributed by atoms with Crippen molar-refractivity contribution in [2.24, 2.45) is 10.8 Å². The van der Waals surface area contributed by atoms with Crippen molar-refractivity contribution < 1.29 is 14.3 Å². The average molecular weight is 309 g/mol. The van der Waals surface area contributed by atoms with Gasteiger partial charge >= 0.3 is 5.97 Å². The molecule has 4 heteroatoms. The monoisotopic (exact) mass is 308 g/mol. The Balaban J connectivity index is 1.75. The zero-order valence-corrected chi connectivity index (χ0v) is 13.3. The Morgan fingerprint density at radius 3 is 2.29 bits per heavy atom. The number of methoxy groups -OCH3 is 1. The zero-order valence-electron chi connectivity index (χ0n) is 12.6. The minimum atomic E-state index is -0.291. The van der Waals surface area contributed by atoms with Crippen LogP contribution in [0, 0.1) is 10.8 Å². The van der Waals surface area contributed by atoms with E-state index in [1.54, 1.807) is 25.3 Å². The lowest BCUT2D eigenvalue weighted by molar-refractivity contribution is -0.155. The van der Waals surface area contributed by atoms with Crippen molar-refractivity contribution in [2.75, 3.05) is 7.11 Å². The molecule has 0 aromatic heterocycles. The maximum atomic E-state index is 12.6. The molecule has 0 saturated heterocycles. The quantitative estimate of drug-likeness (QED) is 0.604. The van der Waals surface area contributed by atoms with Crippen LogP contribution in [-0.2, 0) is 4.79 Å². The molecule has 0 unspecified atom stereocenters. The summed E-state index contributed by atoms with van der Waals surface area (Å²) < 4.78 is 10.7. The second-order valence-corrected chi connectivity index (χ2v) is 7.18. The summed E-state index contributed by atoms with van der Waals surface area (Å²) in [4.78, 5) is 12.6. The maximum Gasteiger partial charge on any atom is 0.317 e. The molecule has 2 bridgehead atoms. The largest absolute Gasteiger partial charge is 0.497 e. The molecule has 0 radical (unpaired) electrons. The smallest absolute Gasteiger partial charge is 0.317 e. The highest BCUT2D eigenvalue weighted by molar-refractivity contribution is 6.32. The van der Waals surface area contributed by atoms with Gasteiger partial charge in [-0.3, -0.25) is 4.79 Å². The normalized spacial score (nSPS) is 31.0. The van der Waals surface area contributed by atoms with Gasteiger partial charge in [-0.2, -0.15) is 0 Å². The van der Waals surface area contributed by atoms with Crippen LogP contribution in [0.4, 0.5) is 0 Å². The predicted octanol–water partition coefficient (Wildman–Crippen LogP) is 4.61. The van der Waals surface area contributed by atoms with Crippen LogP contribution in [0.25, 0.3) is 0 Å². The minimum absolute atomic E-state index is 0.115. The van der Waals surface area contributed by atoms with Gasteiger partial charge in [-0.15, -0.1) is 0 Å². The number of hydrogen-bond donors (Lipinski definition) is 0. The maximum absolute atomic E-state index is 12.6. The Kier molecular flexibility index (Phi) is 3.64. The van der Waals surface area contributed by atoms with E-state index in [1.165, 1.54) is 0 Å². The van der Waals surface area contributed by atoms with Gasteiger partial charge in [0.15, 0.2) is 0 Å². The van der Waals surface area contributed by atoms with Gasteiger partial charge in [0.1, 0.15) is 11.5 Å². The highest BCUT2D eigenvalue weighted by Gasteiger charge is 2.51. The first kappa shape index (κ1) is 14.7. The third-order valence-electron chi connectivity index (χ3n) is 5.40. The number of carbonyl (C=O) groups is 1. The molecule has 114 valence electrons. The molecule has 0 heterocycles. The Morgan fingerprint density at radius 1 is 1.14 bits per heavy atom. The van der Waals surface area contributed by atoms with Gasteiger partial charge in [0.2, 0.25) is 0 Å². The van der Waals surface area contributed by atoms with Gasteiger partial charge in [0.25, 0.3) is 0 Å². The second-order valence-electron chi connectivity index (χ2n) is 6.78. The zero-order chi connectivity index (χ0) is 15.1. The third-order valence-corrected chi connectivity index (χ3v) is 5.69. The van der Waals surface area contributed by atoms with E-state index in [0.717, 1.165) is 38.5 Å². The Labute approximate surface area is 130 Å². The first-order valence-electron chi connectivity index (χ1n) is 7.52. The van der Waals surface area contributed by atoms with Crippen molar-refractivity contribution in [1.29, 1.82) is 0 Å². The molecule has 3 aliphatic rings. The number of carbonyl (C=O) groups excluding carboxylic acids is 1. The molecule has 21 heavy (non-hydrogen) atoms. The van der Waals surface area contributed by atoms with Crippen LogP contribution in [-0.4, -0.2) is 13.1 Å². The van der Waals surface area contributed by atoms with Crippen molar-refractivity contribution in [1.82, 2.24) is 0 Å². The van der Waals surface area contributed by atoms with Crippen LogP contribution < -0.4 is 9.47 Å². The lowest BCUT2D eigenvalue weighted by atomic mass is 9.54. The van der Waals surface area contributed by atoms with Gasteiger partial charge in [-0.1, -0.05) is 18.5 Å². The van der Waals surface area contributed by atoms with E-state index < -0.39 is 0 Å². The Morgan fingerprint density at radius 2 is 1.76 bits per heavy atom. The fraction of sp³-hybridized carbons (Fsp3) is 0.588. The molecule has 3 aliphatic carbocycles. The van der Waals surface area contributed by atoms with Crippen LogP contribution in [0.2, 0.25) is 5.02 Å². The predicted molar refractivity (Wildman–Crippen MR) is 81.9 cm³/mol. The topological polar surface area (TPSA) is 35.5 Å². The summed E-state index contributed by atoms with van der Waals surface area (Å²) >= 11 is 6.15. The van der Waals surface area contributed by atoms with E-state index in [9.17, 15) is 4.79 Å². The molecule has 0 amide bonds. The van der Waals surface area contributed by atoms with E-state index in [2.05, 4.69) is 6.92 Å². The van der Waals surface area contributed by atoms with Crippen molar-refractivity contribution >= 4 is 17.6 Å². The summed E-state index contributed by atoms with van der Waals surface area (Å²) in [6, 6.07) is 5.12. The van der Waals surface area contributed by atoms with Crippen LogP contribution >= 0.6 is 11.6 Å². The third kappa shape index (κ3) is 2.64. The lowest BCUT2D eigenvalue weighted by Gasteiger charge is -2.50. The fourth-order valence-corrected chi connectivity index (χ4v) is 3.79. The molecule has 0 atom stereocenters. The van der Waals surface area contributed by atoms with E-state index in [0.29, 0.717) is 21.9 Å². The standard InChI is InChI=1S/C17H21ClO3/c1-16-5-8-17(9-6-16,10-7-16)15(19)21-14-4-3-12(20-2)11-13(14)18/h3-4,11H,5-10H2,1-2H3. The van der Waals surface area contributed by atoms with Gasteiger partial charge < -0.3 is 9.47 Å². The van der Waals surface area contributed by atoms with Crippen molar-refractivity contribution in [2.45, 2.75) is 45.4 Å². The summed E-state index contributed by atoms with van der Waals surface area (Å²) in [6.45, 7) is 2.34. The van der Waals surface area contributed by atoms with E-state index in [4.69, 9.17) is 21.1 Å². The molecule has 4 rings (SSSR count). The average Bonchev–Trinajstić information content (AvgIpc) is 2.50. The van der Waals surface area contributed by atoms with Crippen molar-refractivity contribution in [3.05, 3.63) is 23.2 Å². The number of rotatable bonds is 3. The molecule has 3 nitrogen and oxygen atoms in total. The SMILES string of the molecule is COc1ccc(OC(=O)C23CCC(C)(CC2)CC3)c(Cl)c1. The van der Waals surface area contributed by atoms with Crippen LogP contribution in [0.3, 0.4) is 0 Å². The lowest BCUT2D eigenvalue weighted by Crippen LogP contribution is -2.46.